The molecule has 0 aromatic heterocycles. The number of allylic oxidation sites excluding steroid dienone is 1. The fraction of sp³-hybridized carbons (Fsp3) is 0.240. The van der Waals surface area contributed by atoms with Gasteiger partial charge in [-0.3, -0.25) is 19.4 Å². The lowest BCUT2D eigenvalue weighted by atomic mass is 10.0. The van der Waals surface area contributed by atoms with Gasteiger partial charge >= 0.3 is 0 Å². The third kappa shape index (κ3) is 5.43. The van der Waals surface area contributed by atoms with Gasteiger partial charge in [0, 0.05) is 35.3 Å². The minimum atomic E-state index is -0.464. The fourth-order valence-electron chi connectivity index (χ4n) is 3.43. The van der Waals surface area contributed by atoms with Crippen molar-refractivity contribution in [3.8, 4) is 11.5 Å². The molecule has 6 nitrogen and oxygen atoms in total. The number of thiocarbonyl (C=S) groups is 1. The summed E-state index contributed by atoms with van der Waals surface area (Å²) in [6.45, 7) is 6.28. The Balaban J connectivity index is 2.03. The summed E-state index contributed by atoms with van der Waals surface area (Å²) in [5, 5.41) is 1.19. The Morgan fingerprint density at radius 3 is 2.29 bits per heavy atom. The van der Waals surface area contributed by atoms with Crippen molar-refractivity contribution in [1.82, 2.24) is 9.80 Å². The monoisotopic (exact) mass is 518 g/mol. The first-order valence-electron chi connectivity index (χ1n) is 10.5. The molecule has 0 unspecified atom stereocenters. The number of amides is 2. The fourth-order valence-corrected chi connectivity index (χ4v) is 4.06. The molecule has 0 radical (unpaired) electrons. The Kier molecular flexibility index (Phi) is 8.36. The Hall–Kier alpha value is -2.87. The minimum Gasteiger partial charge on any atom is -0.490 e. The number of carbonyl (C=O) groups excluding carboxylic acids is 2. The van der Waals surface area contributed by atoms with Gasteiger partial charge in [-0.15, -0.1) is 6.58 Å². The summed E-state index contributed by atoms with van der Waals surface area (Å²) in [6, 6.07) is 8.77. The van der Waals surface area contributed by atoms with Crippen molar-refractivity contribution < 1.29 is 19.1 Å². The molecule has 2 aromatic rings. The van der Waals surface area contributed by atoms with Gasteiger partial charge in [0.2, 0.25) is 0 Å². The number of rotatable bonds is 8. The maximum absolute atomic E-state index is 12.7. The number of hydrogen-bond acceptors (Lipinski definition) is 5. The van der Waals surface area contributed by atoms with Gasteiger partial charge in [-0.1, -0.05) is 35.3 Å². The Bertz CT molecular complexity index is 1170. The van der Waals surface area contributed by atoms with Gasteiger partial charge in [0.1, 0.15) is 12.2 Å². The molecule has 1 saturated heterocycles. The lowest BCUT2D eigenvalue weighted by Crippen LogP contribution is -2.52. The number of nitrogens with zero attached hydrogens (tertiary/aromatic N) is 2. The third-order valence-corrected chi connectivity index (χ3v) is 6.29. The van der Waals surface area contributed by atoms with E-state index in [0.717, 1.165) is 11.1 Å². The van der Waals surface area contributed by atoms with Crippen LogP contribution in [0.25, 0.3) is 6.08 Å². The first-order chi connectivity index (χ1) is 16.2. The van der Waals surface area contributed by atoms with Crippen LogP contribution in [0.1, 0.15) is 23.6 Å². The van der Waals surface area contributed by atoms with Crippen LogP contribution in [0.3, 0.4) is 0 Å². The highest BCUT2D eigenvalue weighted by Crippen LogP contribution is 2.36. The average Bonchev–Trinajstić information content (AvgIpc) is 2.80. The van der Waals surface area contributed by atoms with Crippen LogP contribution in [0.15, 0.2) is 48.6 Å². The number of ether oxygens (including phenoxy) is 2. The van der Waals surface area contributed by atoms with Crippen LogP contribution in [-0.4, -0.2) is 47.4 Å². The van der Waals surface area contributed by atoms with Crippen LogP contribution in [0.2, 0.25) is 10.0 Å². The standard InChI is InChI=1S/C25H24Cl2N2O4S/c1-5-7-16-10-15(11-19-23(30)28(3)25(34)29(4)24(19)31)12-21(32-6-2)22(16)33-14-17-8-9-18(26)13-20(17)27/h5,8-13H,1,6-7,14H2,2-4H3. The second-order valence-electron chi connectivity index (χ2n) is 7.53. The number of halogens is 2. The van der Waals surface area contributed by atoms with E-state index in [4.69, 9.17) is 44.9 Å². The zero-order valence-electron chi connectivity index (χ0n) is 19.1. The van der Waals surface area contributed by atoms with E-state index in [1.54, 1.807) is 30.3 Å². The summed E-state index contributed by atoms with van der Waals surface area (Å²) in [6.07, 6.45) is 3.75. The molecule has 2 aromatic carbocycles. The van der Waals surface area contributed by atoms with Crippen LogP contribution in [0.5, 0.6) is 11.5 Å². The van der Waals surface area contributed by atoms with Gasteiger partial charge in [0.05, 0.1) is 6.61 Å². The Morgan fingerprint density at radius 2 is 1.71 bits per heavy atom. The van der Waals surface area contributed by atoms with Crippen LogP contribution in [-0.2, 0) is 22.6 Å². The van der Waals surface area contributed by atoms with Gasteiger partial charge in [-0.2, -0.15) is 0 Å². The van der Waals surface area contributed by atoms with Gasteiger partial charge in [0.25, 0.3) is 11.8 Å². The molecule has 1 aliphatic rings. The SMILES string of the molecule is C=CCc1cc(C=C2C(=O)N(C)C(=S)N(C)C2=O)cc(OCC)c1OCc1ccc(Cl)cc1Cl. The first-order valence-corrected chi connectivity index (χ1v) is 11.6. The highest BCUT2D eigenvalue weighted by atomic mass is 35.5. The highest BCUT2D eigenvalue weighted by Gasteiger charge is 2.35. The maximum Gasteiger partial charge on any atom is 0.265 e. The van der Waals surface area contributed by atoms with Crippen LogP contribution in [0.4, 0.5) is 0 Å². The van der Waals surface area contributed by atoms with Crippen molar-refractivity contribution in [2.75, 3.05) is 20.7 Å². The van der Waals surface area contributed by atoms with Crippen molar-refractivity contribution in [3.63, 3.8) is 0 Å². The van der Waals surface area contributed by atoms with E-state index in [1.807, 2.05) is 13.0 Å². The lowest BCUT2D eigenvalue weighted by molar-refractivity contribution is -0.132. The molecule has 0 spiro atoms. The van der Waals surface area contributed by atoms with Crippen molar-refractivity contribution in [2.45, 2.75) is 20.0 Å². The molecular weight excluding hydrogens is 495 g/mol. The lowest BCUT2D eigenvalue weighted by Gasteiger charge is -2.31. The third-order valence-electron chi connectivity index (χ3n) is 5.16. The zero-order valence-corrected chi connectivity index (χ0v) is 21.4. The summed E-state index contributed by atoms with van der Waals surface area (Å²) in [7, 11) is 3.07. The quantitative estimate of drug-likeness (QED) is 0.205. The van der Waals surface area contributed by atoms with Crippen molar-refractivity contribution in [2.24, 2.45) is 0 Å². The molecule has 34 heavy (non-hydrogen) atoms. The average molecular weight is 519 g/mol. The molecule has 1 heterocycles. The Labute approximate surface area is 214 Å². The van der Waals surface area contributed by atoms with Crippen LogP contribution in [0, 0.1) is 0 Å². The number of carbonyl (C=O) groups is 2. The van der Waals surface area contributed by atoms with Gasteiger partial charge < -0.3 is 9.47 Å². The van der Waals surface area contributed by atoms with Gasteiger partial charge in [-0.05, 0) is 61.5 Å². The molecule has 1 fully saturated rings. The van der Waals surface area contributed by atoms with E-state index in [-0.39, 0.29) is 17.3 Å². The van der Waals surface area contributed by atoms with Gasteiger partial charge in [-0.25, -0.2) is 0 Å². The molecule has 0 saturated carbocycles. The van der Waals surface area contributed by atoms with E-state index in [9.17, 15) is 9.59 Å². The molecule has 9 heteroatoms. The largest absolute Gasteiger partial charge is 0.490 e. The molecule has 1 aliphatic heterocycles. The van der Waals surface area contributed by atoms with Crippen molar-refractivity contribution >= 4 is 58.4 Å². The molecule has 2 amide bonds. The number of likely N-dealkylation sites (N-methyl/N-ethyl adjacent to an activating group) is 2. The molecular formula is C25H24Cl2N2O4S. The first kappa shape index (κ1) is 25.7. The van der Waals surface area contributed by atoms with E-state index in [0.29, 0.717) is 40.1 Å². The smallest absolute Gasteiger partial charge is 0.265 e. The minimum absolute atomic E-state index is 0.00668. The van der Waals surface area contributed by atoms with Crippen LogP contribution >= 0.6 is 35.4 Å². The van der Waals surface area contributed by atoms with Crippen molar-refractivity contribution in [1.29, 1.82) is 0 Å². The summed E-state index contributed by atoms with van der Waals surface area (Å²) < 4.78 is 12.0. The van der Waals surface area contributed by atoms with Gasteiger partial charge in [0.15, 0.2) is 16.6 Å². The summed E-state index contributed by atoms with van der Waals surface area (Å²) in [4.78, 5) is 28.0. The zero-order chi connectivity index (χ0) is 25.0. The summed E-state index contributed by atoms with van der Waals surface area (Å²) >= 11 is 17.4. The van der Waals surface area contributed by atoms with E-state index in [2.05, 4.69) is 6.58 Å². The number of hydrogen-bond donors (Lipinski definition) is 0. The molecule has 0 atom stereocenters. The predicted molar refractivity (Wildman–Crippen MR) is 138 cm³/mol. The van der Waals surface area contributed by atoms with E-state index >= 15 is 0 Å². The number of benzene rings is 2. The molecule has 178 valence electrons. The second kappa shape index (κ2) is 11.0. The molecule has 3 rings (SSSR count). The molecule has 0 N–H and O–H groups in total. The summed E-state index contributed by atoms with van der Waals surface area (Å²) in [5.41, 5.74) is 2.17. The van der Waals surface area contributed by atoms with E-state index < -0.39 is 11.8 Å². The summed E-state index contributed by atoms with van der Waals surface area (Å²) in [5.74, 6) is 0.0847. The van der Waals surface area contributed by atoms with Crippen LogP contribution < -0.4 is 9.47 Å². The maximum atomic E-state index is 12.7. The molecule has 0 aliphatic carbocycles. The Morgan fingerprint density at radius 1 is 1.03 bits per heavy atom. The van der Waals surface area contributed by atoms with Crippen molar-refractivity contribution in [3.05, 3.63) is 75.3 Å². The van der Waals surface area contributed by atoms with E-state index in [1.165, 1.54) is 30.0 Å². The molecule has 0 bridgehead atoms. The highest BCUT2D eigenvalue weighted by molar-refractivity contribution is 7.80. The second-order valence-corrected chi connectivity index (χ2v) is 8.74. The normalized spacial score (nSPS) is 13.9. The topological polar surface area (TPSA) is 59.1 Å². The predicted octanol–water partition coefficient (Wildman–Crippen LogP) is 5.30.